The highest BCUT2D eigenvalue weighted by atomic mass is 19.1. The number of nitrogens with one attached hydrogen (secondary N) is 1. The molecule has 1 aliphatic heterocycles. The molecule has 110 valence electrons. The SMILES string of the molecule is Nc1c(F)cccc1NCCc1ccc2c(c1)OCCO2. The van der Waals surface area contributed by atoms with E-state index in [4.69, 9.17) is 15.2 Å². The summed E-state index contributed by atoms with van der Waals surface area (Å²) < 4.78 is 24.4. The molecule has 0 saturated carbocycles. The van der Waals surface area contributed by atoms with Crippen LogP contribution in [0.3, 0.4) is 0 Å². The Balaban J connectivity index is 1.61. The Labute approximate surface area is 122 Å². The van der Waals surface area contributed by atoms with Crippen molar-refractivity contribution in [2.24, 2.45) is 0 Å². The summed E-state index contributed by atoms with van der Waals surface area (Å²) in [5, 5.41) is 3.15. The van der Waals surface area contributed by atoms with Gasteiger partial charge >= 0.3 is 0 Å². The van der Waals surface area contributed by atoms with Gasteiger partial charge in [0.25, 0.3) is 0 Å². The second-order valence-corrected chi connectivity index (χ2v) is 4.86. The normalized spacial score (nSPS) is 13.0. The number of halogens is 1. The Morgan fingerprint density at radius 2 is 1.90 bits per heavy atom. The van der Waals surface area contributed by atoms with Crippen LogP contribution in [0, 0.1) is 5.82 Å². The van der Waals surface area contributed by atoms with E-state index in [1.54, 1.807) is 12.1 Å². The first-order chi connectivity index (χ1) is 10.2. The summed E-state index contributed by atoms with van der Waals surface area (Å²) in [5.74, 6) is 1.16. The Bertz CT molecular complexity index is 646. The predicted molar refractivity (Wildman–Crippen MR) is 80.4 cm³/mol. The van der Waals surface area contributed by atoms with Crippen LogP contribution in [0.4, 0.5) is 15.8 Å². The smallest absolute Gasteiger partial charge is 0.161 e. The maximum atomic E-state index is 13.3. The monoisotopic (exact) mass is 288 g/mol. The van der Waals surface area contributed by atoms with Gasteiger partial charge in [0.1, 0.15) is 19.0 Å². The van der Waals surface area contributed by atoms with Gasteiger partial charge in [0, 0.05) is 6.54 Å². The lowest BCUT2D eigenvalue weighted by Gasteiger charge is -2.19. The van der Waals surface area contributed by atoms with Gasteiger partial charge in [0.15, 0.2) is 11.5 Å². The number of fused-ring (bicyclic) bond motifs is 1. The zero-order valence-electron chi connectivity index (χ0n) is 11.6. The molecule has 0 aromatic heterocycles. The molecule has 2 aromatic rings. The molecule has 0 unspecified atom stereocenters. The molecule has 1 heterocycles. The molecule has 3 rings (SSSR count). The van der Waals surface area contributed by atoms with E-state index in [0.29, 0.717) is 25.4 Å². The van der Waals surface area contributed by atoms with Gasteiger partial charge < -0.3 is 20.5 Å². The van der Waals surface area contributed by atoms with E-state index < -0.39 is 5.82 Å². The largest absolute Gasteiger partial charge is 0.486 e. The highest BCUT2D eigenvalue weighted by Crippen LogP contribution is 2.31. The van der Waals surface area contributed by atoms with Gasteiger partial charge in [0.2, 0.25) is 0 Å². The van der Waals surface area contributed by atoms with Gasteiger partial charge in [-0.25, -0.2) is 4.39 Å². The van der Waals surface area contributed by atoms with E-state index >= 15 is 0 Å². The summed E-state index contributed by atoms with van der Waals surface area (Å²) in [4.78, 5) is 0. The first-order valence-electron chi connectivity index (χ1n) is 6.90. The molecule has 2 aromatic carbocycles. The molecule has 0 fully saturated rings. The van der Waals surface area contributed by atoms with Crippen LogP contribution in [0.2, 0.25) is 0 Å². The quantitative estimate of drug-likeness (QED) is 0.849. The van der Waals surface area contributed by atoms with Crippen LogP contribution < -0.4 is 20.5 Å². The van der Waals surface area contributed by atoms with Crippen molar-refractivity contribution >= 4 is 11.4 Å². The average Bonchev–Trinajstić information content (AvgIpc) is 2.51. The molecular weight excluding hydrogens is 271 g/mol. The third-order valence-electron chi connectivity index (χ3n) is 3.39. The summed E-state index contributed by atoms with van der Waals surface area (Å²) in [5.41, 5.74) is 7.58. The maximum absolute atomic E-state index is 13.3. The fraction of sp³-hybridized carbons (Fsp3) is 0.250. The number of hydrogen-bond acceptors (Lipinski definition) is 4. The summed E-state index contributed by atoms with van der Waals surface area (Å²) in [7, 11) is 0. The van der Waals surface area contributed by atoms with Crippen molar-refractivity contribution < 1.29 is 13.9 Å². The lowest BCUT2D eigenvalue weighted by molar-refractivity contribution is 0.171. The molecule has 21 heavy (non-hydrogen) atoms. The minimum atomic E-state index is -0.403. The predicted octanol–water partition coefficient (Wildman–Crippen LogP) is 2.83. The summed E-state index contributed by atoms with van der Waals surface area (Å²) in [6.07, 6.45) is 0.784. The van der Waals surface area contributed by atoms with E-state index in [1.165, 1.54) is 6.07 Å². The number of anilines is 2. The molecule has 4 nitrogen and oxygen atoms in total. The van der Waals surface area contributed by atoms with Gasteiger partial charge in [-0.2, -0.15) is 0 Å². The lowest BCUT2D eigenvalue weighted by Crippen LogP contribution is -2.15. The van der Waals surface area contributed by atoms with Crippen LogP contribution in [0.25, 0.3) is 0 Å². The van der Waals surface area contributed by atoms with Crippen molar-refractivity contribution in [2.75, 3.05) is 30.8 Å². The number of benzene rings is 2. The van der Waals surface area contributed by atoms with Crippen molar-refractivity contribution in [3.63, 3.8) is 0 Å². The zero-order chi connectivity index (χ0) is 14.7. The van der Waals surface area contributed by atoms with E-state index in [0.717, 1.165) is 23.5 Å². The van der Waals surface area contributed by atoms with Gasteiger partial charge in [0.05, 0.1) is 11.4 Å². The van der Waals surface area contributed by atoms with Crippen molar-refractivity contribution in [3.05, 3.63) is 47.8 Å². The summed E-state index contributed by atoms with van der Waals surface area (Å²) in [6, 6.07) is 10.7. The number of nitrogens with two attached hydrogens (primary N) is 1. The van der Waals surface area contributed by atoms with Crippen molar-refractivity contribution in [3.8, 4) is 11.5 Å². The number of hydrogen-bond donors (Lipinski definition) is 2. The fourth-order valence-electron chi connectivity index (χ4n) is 2.28. The first kappa shape index (κ1) is 13.5. The fourth-order valence-corrected chi connectivity index (χ4v) is 2.28. The van der Waals surface area contributed by atoms with E-state index in [9.17, 15) is 4.39 Å². The molecular formula is C16H17FN2O2. The Morgan fingerprint density at radius 3 is 2.76 bits per heavy atom. The molecule has 0 spiro atoms. The third-order valence-corrected chi connectivity index (χ3v) is 3.39. The second kappa shape index (κ2) is 5.91. The van der Waals surface area contributed by atoms with Crippen LogP contribution in [0.15, 0.2) is 36.4 Å². The molecule has 3 N–H and O–H groups in total. The second-order valence-electron chi connectivity index (χ2n) is 4.86. The minimum absolute atomic E-state index is 0.152. The van der Waals surface area contributed by atoms with E-state index in [-0.39, 0.29) is 5.69 Å². The molecule has 0 atom stereocenters. The zero-order valence-corrected chi connectivity index (χ0v) is 11.6. The van der Waals surface area contributed by atoms with Crippen molar-refractivity contribution in [1.82, 2.24) is 0 Å². The molecule has 5 heteroatoms. The lowest BCUT2D eigenvalue weighted by atomic mass is 10.1. The molecule has 0 saturated heterocycles. The van der Waals surface area contributed by atoms with Gasteiger partial charge in [-0.3, -0.25) is 0 Å². The number of rotatable bonds is 4. The summed E-state index contributed by atoms with van der Waals surface area (Å²) in [6.45, 7) is 1.83. The minimum Gasteiger partial charge on any atom is -0.486 e. The van der Waals surface area contributed by atoms with Crippen LogP contribution in [-0.4, -0.2) is 19.8 Å². The van der Waals surface area contributed by atoms with E-state index in [2.05, 4.69) is 5.32 Å². The Hall–Kier alpha value is -2.43. The van der Waals surface area contributed by atoms with Gasteiger partial charge in [-0.05, 0) is 36.2 Å². The van der Waals surface area contributed by atoms with Gasteiger partial charge in [-0.1, -0.05) is 12.1 Å². The molecule has 0 amide bonds. The number of ether oxygens (including phenoxy) is 2. The molecule has 0 aliphatic carbocycles. The maximum Gasteiger partial charge on any atom is 0.161 e. The van der Waals surface area contributed by atoms with Crippen LogP contribution in [0.1, 0.15) is 5.56 Å². The van der Waals surface area contributed by atoms with Crippen LogP contribution >= 0.6 is 0 Å². The van der Waals surface area contributed by atoms with Gasteiger partial charge in [-0.15, -0.1) is 0 Å². The standard InChI is InChI=1S/C16H17FN2O2/c17-12-2-1-3-13(16(12)18)19-7-6-11-4-5-14-15(10-11)21-9-8-20-14/h1-5,10,19H,6-9,18H2. The third kappa shape index (κ3) is 3.02. The van der Waals surface area contributed by atoms with Crippen LogP contribution in [-0.2, 0) is 6.42 Å². The van der Waals surface area contributed by atoms with Crippen molar-refractivity contribution in [1.29, 1.82) is 0 Å². The molecule has 1 aliphatic rings. The van der Waals surface area contributed by atoms with E-state index in [1.807, 2.05) is 18.2 Å². The molecule has 0 bridgehead atoms. The Morgan fingerprint density at radius 1 is 1.10 bits per heavy atom. The molecule has 0 radical (unpaired) electrons. The average molecular weight is 288 g/mol. The summed E-state index contributed by atoms with van der Waals surface area (Å²) >= 11 is 0. The van der Waals surface area contributed by atoms with Crippen molar-refractivity contribution in [2.45, 2.75) is 6.42 Å². The highest BCUT2D eigenvalue weighted by molar-refractivity contribution is 5.66. The van der Waals surface area contributed by atoms with Crippen LogP contribution in [0.5, 0.6) is 11.5 Å². The first-order valence-corrected chi connectivity index (χ1v) is 6.90. The Kier molecular flexibility index (Phi) is 3.81. The topological polar surface area (TPSA) is 56.5 Å². The number of para-hydroxylation sites is 1. The number of nitrogen functional groups attached to an aromatic ring is 1. The highest BCUT2D eigenvalue weighted by Gasteiger charge is 2.11.